The Morgan fingerprint density at radius 1 is 0.926 bits per heavy atom. The first-order valence-corrected chi connectivity index (χ1v) is 8.05. The van der Waals surface area contributed by atoms with Gasteiger partial charge in [0.15, 0.2) is 11.6 Å². The van der Waals surface area contributed by atoms with Gasteiger partial charge in [-0.25, -0.2) is 18.7 Å². The van der Waals surface area contributed by atoms with Crippen LogP contribution in [0.3, 0.4) is 0 Å². The molecule has 0 atom stereocenters. The van der Waals surface area contributed by atoms with Crippen molar-refractivity contribution in [2.75, 3.05) is 29.6 Å². The number of anilines is 4. The lowest BCUT2D eigenvalue weighted by Crippen LogP contribution is -2.13. The van der Waals surface area contributed by atoms with Gasteiger partial charge < -0.3 is 15.5 Å². The number of carbonyl (C=O) groups excluding carboxylic acids is 1. The molecule has 0 aliphatic rings. The molecule has 1 heterocycles. The molecule has 0 spiro atoms. The highest BCUT2D eigenvalue weighted by Crippen LogP contribution is 2.18. The topological polar surface area (TPSA) is 70.2 Å². The van der Waals surface area contributed by atoms with Crippen molar-refractivity contribution in [1.29, 1.82) is 0 Å². The maximum atomic E-state index is 13.2. The summed E-state index contributed by atoms with van der Waals surface area (Å²) in [5.74, 6) is -2.11. The third-order valence-electron chi connectivity index (χ3n) is 3.73. The predicted molar refractivity (Wildman–Crippen MR) is 100 cm³/mol. The molecule has 2 N–H and O–H groups in total. The van der Waals surface area contributed by atoms with Crippen LogP contribution >= 0.6 is 0 Å². The Morgan fingerprint density at radius 2 is 1.56 bits per heavy atom. The molecule has 1 aromatic heterocycles. The molecule has 3 aromatic rings. The second-order valence-electron chi connectivity index (χ2n) is 5.94. The van der Waals surface area contributed by atoms with Gasteiger partial charge in [-0.3, -0.25) is 4.79 Å². The molecule has 0 unspecified atom stereocenters. The van der Waals surface area contributed by atoms with Gasteiger partial charge in [0.25, 0.3) is 5.91 Å². The first-order chi connectivity index (χ1) is 12.9. The molecule has 0 radical (unpaired) electrons. The Bertz CT molecular complexity index is 943. The van der Waals surface area contributed by atoms with Crippen LogP contribution in [0.1, 0.15) is 10.4 Å². The SMILES string of the molecule is CN(C)c1ccc(NC(=O)c2cnc(Nc3ccc(F)c(F)c3)nc2)cc1. The van der Waals surface area contributed by atoms with E-state index in [-0.39, 0.29) is 17.4 Å². The normalized spacial score (nSPS) is 10.4. The average Bonchev–Trinajstić information content (AvgIpc) is 2.66. The number of hydrogen-bond donors (Lipinski definition) is 2. The fraction of sp³-hybridized carbons (Fsp3) is 0.105. The molecule has 27 heavy (non-hydrogen) atoms. The van der Waals surface area contributed by atoms with Crippen LogP contribution in [0, 0.1) is 11.6 Å². The van der Waals surface area contributed by atoms with Crippen molar-refractivity contribution in [3.63, 3.8) is 0 Å². The Kier molecular flexibility index (Phi) is 5.25. The molecule has 6 nitrogen and oxygen atoms in total. The highest BCUT2D eigenvalue weighted by molar-refractivity contribution is 6.04. The van der Waals surface area contributed by atoms with E-state index in [1.165, 1.54) is 18.5 Å². The Labute approximate surface area is 154 Å². The van der Waals surface area contributed by atoms with Crippen LogP contribution in [0.2, 0.25) is 0 Å². The van der Waals surface area contributed by atoms with E-state index in [1.807, 2.05) is 31.1 Å². The van der Waals surface area contributed by atoms with Crippen LogP contribution in [0.25, 0.3) is 0 Å². The Balaban J connectivity index is 1.65. The van der Waals surface area contributed by atoms with E-state index in [9.17, 15) is 13.6 Å². The Morgan fingerprint density at radius 3 is 2.15 bits per heavy atom. The van der Waals surface area contributed by atoms with Crippen molar-refractivity contribution in [1.82, 2.24) is 9.97 Å². The number of nitrogens with zero attached hydrogens (tertiary/aromatic N) is 3. The highest BCUT2D eigenvalue weighted by Gasteiger charge is 2.09. The molecule has 0 saturated carbocycles. The van der Waals surface area contributed by atoms with E-state index in [0.29, 0.717) is 11.4 Å². The minimum Gasteiger partial charge on any atom is -0.378 e. The molecule has 1 amide bonds. The molecule has 138 valence electrons. The number of hydrogen-bond acceptors (Lipinski definition) is 5. The molecule has 3 rings (SSSR count). The minimum absolute atomic E-state index is 0.160. The van der Waals surface area contributed by atoms with Crippen molar-refractivity contribution in [3.05, 3.63) is 72.1 Å². The average molecular weight is 369 g/mol. The number of halogens is 2. The number of carbonyl (C=O) groups is 1. The molecule has 0 saturated heterocycles. The smallest absolute Gasteiger partial charge is 0.258 e. The van der Waals surface area contributed by atoms with E-state index in [0.717, 1.165) is 17.8 Å². The van der Waals surface area contributed by atoms with Crippen molar-refractivity contribution >= 4 is 28.9 Å². The molecule has 2 aromatic carbocycles. The summed E-state index contributed by atoms with van der Waals surface area (Å²) in [4.78, 5) is 22.3. The standard InChI is InChI=1S/C19H17F2N5O/c1-26(2)15-6-3-13(4-7-15)24-18(27)12-10-22-19(23-11-12)25-14-5-8-16(20)17(21)9-14/h3-11H,1-2H3,(H,24,27)(H,22,23,25). The monoisotopic (exact) mass is 369 g/mol. The maximum Gasteiger partial charge on any atom is 0.258 e. The number of amides is 1. The van der Waals surface area contributed by atoms with Gasteiger partial charge in [0, 0.05) is 49.6 Å². The van der Waals surface area contributed by atoms with Gasteiger partial charge in [0.2, 0.25) is 5.95 Å². The first-order valence-electron chi connectivity index (χ1n) is 8.05. The summed E-state index contributed by atoms with van der Waals surface area (Å²) in [6.45, 7) is 0. The number of nitrogens with one attached hydrogen (secondary N) is 2. The van der Waals surface area contributed by atoms with Gasteiger partial charge in [0.05, 0.1) is 5.56 Å². The van der Waals surface area contributed by atoms with Crippen LogP contribution in [0.5, 0.6) is 0 Å². The van der Waals surface area contributed by atoms with Crippen LogP contribution in [-0.4, -0.2) is 30.0 Å². The maximum absolute atomic E-state index is 13.2. The van der Waals surface area contributed by atoms with E-state index in [2.05, 4.69) is 20.6 Å². The third kappa shape index (κ3) is 4.55. The lowest BCUT2D eigenvalue weighted by molar-refractivity contribution is 0.102. The van der Waals surface area contributed by atoms with Gasteiger partial charge in [-0.05, 0) is 36.4 Å². The number of rotatable bonds is 5. The van der Waals surface area contributed by atoms with E-state index in [4.69, 9.17) is 0 Å². The third-order valence-corrected chi connectivity index (χ3v) is 3.73. The zero-order valence-corrected chi connectivity index (χ0v) is 14.7. The minimum atomic E-state index is -0.976. The molecule has 0 aliphatic carbocycles. The summed E-state index contributed by atoms with van der Waals surface area (Å²) in [6, 6.07) is 10.7. The molecule has 0 aliphatic heterocycles. The van der Waals surface area contributed by atoms with Gasteiger partial charge in [0.1, 0.15) is 0 Å². The molecule has 8 heteroatoms. The molecular formula is C19H17F2N5O. The van der Waals surface area contributed by atoms with Gasteiger partial charge in [-0.2, -0.15) is 0 Å². The number of aromatic nitrogens is 2. The summed E-state index contributed by atoms with van der Waals surface area (Å²) < 4.78 is 26.2. The van der Waals surface area contributed by atoms with Crippen molar-refractivity contribution < 1.29 is 13.6 Å². The van der Waals surface area contributed by atoms with Gasteiger partial charge in [-0.15, -0.1) is 0 Å². The summed E-state index contributed by atoms with van der Waals surface area (Å²) in [5.41, 5.74) is 2.23. The van der Waals surface area contributed by atoms with Crippen LogP contribution < -0.4 is 15.5 Å². The Hall–Kier alpha value is -3.55. The zero-order chi connectivity index (χ0) is 19.4. The number of benzene rings is 2. The van der Waals surface area contributed by atoms with Crippen LogP contribution in [0.15, 0.2) is 54.9 Å². The summed E-state index contributed by atoms with van der Waals surface area (Å²) in [5, 5.41) is 5.50. The highest BCUT2D eigenvalue weighted by atomic mass is 19.2. The van der Waals surface area contributed by atoms with Crippen molar-refractivity contribution in [3.8, 4) is 0 Å². The van der Waals surface area contributed by atoms with Crippen LogP contribution in [0.4, 0.5) is 31.8 Å². The van der Waals surface area contributed by atoms with E-state index in [1.54, 1.807) is 12.1 Å². The van der Waals surface area contributed by atoms with E-state index < -0.39 is 11.6 Å². The summed E-state index contributed by atoms with van der Waals surface area (Å²) >= 11 is 0. The molecular weight excluding hydrogens is 352 g/mol. The fourth-order valence-corrected chi connectivity index (χ4v) is 2.26. The summed E-state index contributed by atoms with van der Waals surface area (Å²) in [7, 11) is 3.86. The predicted octanol–water partition coefficient (Wildman–Crippen LogP) is 3.82. The van der Waals surface area contributed by atoms with Crippen molar-refractivity contribution in [2.24, 2.45) is 0 Å². The van der Waals surface area contributed by atoms with E-state index >= 15 is 0 Å². The zero-order valence-electron chi connectivity index (χ0n) is 14.7. The quantitative estimate of drug-likeness (QED) is 0.716. The summed E-state index contributed by atoms with van der Waals surface area (Å²) in [6.07, 6.45) is 2.69. The first kappa shape index (κ1) is 18.2. The second kappa shape index (κ2) is 7.77. The largest absolute Gasteiger partial charge is 0.378 e. The second-order valence-corrected chi connectivity index (χ2v) is 5.94. The van der Waals surface area contributed by atoms with Crippen LogP contribution in [-0.2, 0) is 0 Å². The van der Waals surface area contributed by atoms with Gasteiger partial charge in [-0.1, -0.05) is 0 Å². The molecule has 0 bridgehead atoms. The van der Waals surface area contributed by atoms with Gasteiger partial charge >= 0.3 is 0 Å². The molecule has 0 fully saturated rings. The lowest BCUT2D eigenvalue weighted by Gasteiger charge is -2.13. The fourth-order valence-electron chi connectivity index (χ4n) is 2.26. The lowest BCUT2D eigenvalue weighted by atomic mass is 10.2. The van der Waals surface area contributed by atoms with Crippen molar-refractivity contribution in [2.45, 2.75) is 0 Å².